The number of nitrogens with zero attached hydrogens (tertiary/aromatic N) is 1. The van der Waals surface area contributed by atoms with Crippen LogP contribution in [0.3, 0.4) is 0 Å². The SMILES string of the molecule is CC1CCN(C(CO)CS)C1. The van der Waals surface area contributed by atoms with E-state index in [1.807, 2.05) is 0 Å². The summed E-state index contributed by atoms with van der Waals surface area (Å²) in [6, 6.07) is 0.281. The van der Waals surface area contributed by atoms with Crippen LogP contribution in [-0.2, 0) is 0 Å². The summed E-state index contributed by atoms with van der Waals surface area (Å²) in [7, 11) is 0. The van der Waals surface area contributed by atoms with Gasteiger partial charge in [0.15, 0.2) is 0 Å². The van der Waals surface area contributed by atoms with Crippen LogP contribution in [0.4, 0.5) is 0 Å². The first kappa shape index (κ1) is 9.36. The molecule has 0 bridgehead atoms. The monoisotopic (exact) mass is 175 g/mol. The molecule has 0 radical (unpaired) electrons. The Bertz CT molecular complexity index is 117. The Morgan fingerprint density at radius 3 is 2.82 bits per heavy atom. The number of hydrogen-bond donors (Lipinski definition) is 2. The average molecular weight is 175 g/mol. The van der Waals surface area contributed by atoms with Crippen LogP contribution in [0.5, 0.6) is 0 Å². The van der Waals surface area contributed by atoms with Gasteiger partial charge in [-0.25, -0.2) is 0 Å². The van der Waals surface area contributed by atoms with Gasteiger partial charge in [0.25, 0.3) is 0 Å². The van der Waals surface area contributed by atoms with Gasteiger partial charge in [-0.1, -0.05) is 6.92 Å². The van der Waals surface area contributed by atoms with Crippen molar-refractivity contribution in [3.05, 3.63) is 0 Å². The third kappa shape index (κ3) is 2.36. The molecule has 0 spiro atoms. The lowest BCUT2D eigenvalue weighted by Gasteiger charge is -2.23. The van der Waals surface area contributed by atoms with Gasteiger partial charge in [0, 0.05) is 18.3 Å². The number of thiol groups is 1. The Kier molecular flexibility index (Phi) is 3.69. The molecule has 2 atom stereocenters. The highest BCUT2D eigenvalue weighted by Gasteiger charge is 2.24. The first-order chi connectivity index (χ1) is 5.27. The van der Waals surface area contributed by atoms with Crippen molar-refractivity contribution >= 4 is 12.6 Å². The zero-order chi connectivity index (χ0) is 8.27. The third-order valence-corrected chi connectivity index (χ3v) is 2.81. The van der Waals surface area contributed by atoms with Gasteiger partial charge < -0.3 is 5.11 Å². The molecule has 1 heterocycles. The van der Waals surface area contributed by atoms with Crippen LogP contribution in [0.15, 0.2) is 0 Å². The summed E-state index contributed by atoms with van der Waals surface area (Å²) in [6.07, 6.45) is 1.27. The minimum absolute atomic E-state index is 0.246. The maximum atomic E-state index is 8.98. The summed E-state index contributed by atoms with van der Waals surface area (Å²) >= 11 is 4.20. The standard InChI is InChI=1S/C8H17NOS/c1-7-2-3-9(4-7)8(5-10)6-11/h7-8,10-11H,2-6H2,1H3. The van der Waals surface area contributed by atoms with E-state index in [0.29, 0.717) is 0 Å². The molecule has 1 saturated heterocycles. The van der Waals surface area contributed by atoms with E-state index < -0.39 is 0 Å². The van der Waals surface area contributed by atoms with Crippen LogP contribution < -0.4 is 0 Å². The first-order valence-corrected chi connectivity index (χ1v) is 4.87. The quantitative estimate of drug-likeness (QED) is 0.614. The molecule has 1 aliphatic heterocycles. The molecule has 2 unspecified atom stereocenters. The molecule has 0 amide bonds. The molecule has 66 valence electrons. The fourth-order valence-corrected chi connectivity index (χ4v) is 1.94. The van der Waals surface area contributed by atoms with Crippen LogP contribution in [0.25, 0.3) is 0 Å². The predicted octanol–water partition coefficient (Wildman–Crippen LogP) is 0.619. The predicted molar refractivity (Wildman–Crippen MR) is 50.1 cm³/mol. The van der Waals surface area contributed by atoms with E-state index in [2.05, 4.69) is 24.5 Å². The lowest BCUT2D eigenvalue weighted by atomic mass is 10.2. The highest BCUT2D eigenvalue weighted by atomic mass is 32.1. The highest BCUT2D eigenvalue weighted by molar-refractivity contribution is 7.80. The van der Waals surface area contributed by atoms with Gasteiger partial charge in [0.05, 0.1) is 6.61 Å². The smallest absolute Gasteiger partial charge is 0.0594 e. The van der Waals surface area contributed by atoms with Gasteiger partial charge in [-0.05, 0) is 18.9 Å². The van der Waals surface area contributed by atoms with E-state index in [1.165, 1.54) is 6.42 Å². The fourth-order valence-electron chi connectivity index (χ4n) is 1.59. The van der Waals surface area contributed by atoms with Crippen molar-refractivity contribution in [3.8, 4) is 0 Å². The molecule has 3 heteroatoms. The van der Waals surface area contributed by atoms with Crippen molar-refractivity contribution in [1.29, 1.82) is 0 Å². The summed E-state index contributed by atoms with van der Waals surface area (Å²) < 4.78 is 0. The van der Waals surface area contributed by atoms with Crippen LogP contribution in [-0.4, -0.2) is 41.5 Å². The minimum Gasteiger partial charge on any atom is -0.395 e. The van der Waals surface area contributed by atoms with Crippen molar-refractivity contribution in [2.24, 2.45) is 5.92 Å². The van der Waals surface area contributed by atoms with Crippen LogP contribution in [0, 0.1) is 5.92 Å². The summed E-state index contributed by atoms with van der Waals surface area (Å²) in [4.78, 5) is 2.33. The summed E-state index contributed by atoms with van der Waals surface area (Å²) in [5, 5.41) is 8.98. The zero-order valence-electron chi connectivity index (χ0n) is 7.03. The summed E-state index contributed by atoms with van der Waals surface area (Å²) in [6.45, 7) is 4.77. The maximum absolute atomic E-state index is 8.98. The van der Waals surface area contributed by atoms with Gasteiger partial charge in [-0.15, -0.1) is 0 Å². The summed E-state index contributed by atoms with van der Waals surface area (Å²) in [5.41, 5.74) is 0. The van der Waals surface area contributed by atoms with E-state index in [9.17, 15) is 0 Å². The summed E-state index contributed by atoms with van der Waals surface area (Å²) in [5.74, 6) is 1.56. The average Bonchev–Trinajstić information content (AvgIpc) is 2.39. The Hall–Kier alpha value is 0.270. The first-order valence-electron chi connectivity index (χ1n) is 4.23. The largest absolute Gasteiger partial charge is 0.395 e. The Morgan fingerprint density at radius 1 is 1.73 bits per heavy atom. The van der Waals surface area contributed by atoms with E-state index in [4.69, 9.17) is 5.11 Å². The lowest BCUT2D eigenvalue weighted by Crippen LogP contribution is -2.37. The van der Waals surface area contributed by atoms with E-state index >= 15 is 0 Å². The molecule has 11 heavy (non-hydrogen) atoms. The second-order valence-electron chi connectivity index (χ2n) is 3.41. The second-order valence-corrected chi connectivity index (χ2v) is 3.77. The Labute approximate surface area is 74.0 Å². The molecule has 1 N–H and O–H groups in total. The van der Waals surface area contributed by atoms with E-state index in [-0.39, 0.29) is 12.6 Å². The molecule has 1 rings (SSSR count). The van der Waals surface area contributed by atoms with Crippen molar-refractivity contribution < 1.29 is 5.11 Å². The molecule has 2 nitrogen and oxygen atoms in total. The number of hydrogen-bond acceptors (Lipinski definition) is 3. The molecule has 1 aliphatic rings. The van der Waals surface area contributed by atoms with Crippen LogP contribution in [0.2, 0.25) is 0 Å². The van der Waals surface area contributed by atoms with Gasteiger partial charge in [0.2, 0.25) is 0 Å². The zero-order valence-corrected chi connectivity index (χ0v) is 7.93. The molecule has 0 aromatic heterocycles. The molecule has 1 fully saturated rings. The van der Waals surface area contributed by atoms with Crippen molar-refractivity contribution in [2.75, 3.05) is 25.4 Å². The molecular formula is C8H17NOS. The van der Waals surface area contributed by atoms with Gasteiger partial charge in [-0.3, -0.25) is 4.90 Å². The minimum atomic E-state index is 0.246. The van der Waals surface area contributed by atoms with Crippen LogP contribution in [0.1, 0.15) is 13.3 Å². The number of aliphatic hydroxyl groups is 1. The lowest BCUT2D eigenvalue weighted by molar-refractivity contribution is 0.158. The van der Waals surface area contributed by atoms with Crippen molar-refractivity contribution in [2.45, 2.75) is 19.4 Å². The molecule has 0 saturated carbocycles. The number of rotatable bonds is 3. The Morgan fingerprint density at radius 2 is 2.45 bits per heavy atom. The normalized spacial score (nSPS) is 29.2. The maximum Gasteiger partial charge on any atom is 0.0594 e. The molecule has 0 aliphatic carbocycles. The molecule has 0 aromatic rings. The number of aliphatic hydroxyl groups excluding tert-OH is 1. The second kappa shape index (κ2) is 4.33. The Balaban J connectivity index is 2.34. The molecular weight excluding hydrogens is 158 g/mol. The van der Waals surface area contributed by atoms with E-state index in [1.54, 1.807) is 0 Å². The molecule has 0 aromatic carbocycles. The third-order valence-electron chi connectivity index (χ3n) is 2.39. The van der Waals surface area contributed by atoms with Crippen molar-refractivity contribution in [1.82, 2.24) is 4.90 Å². The van der Waals surface area contributed by atoms with Crippen molar-refractivity contribution in [3.63, 3.8) is 0 Å². The van der Waals surface area contributed by atoms with Crippen LogP contribution >= 0.6 is 12.6 Å². The number of likely N-dealkylation sites (tertiary alicyclic amines) is 1. The fraction of sp³-hybridized carbons (Fsp3) is 1.00. The topological polar surface area (TPSA) is 23.5 Å². The van der Waals surface area contributed by atoms with E-state index in [0.717, 1.165) is 24.8 Å². The van der Waals surface area contributed by atoms with Gasteiger partial charge in [-0.2, -0.15) is 12.6 Å². The highest BCUT2D eigenvalue weighted by Crippen LogP contribution is 2.17. The van der Waals surface area contributed by atoms with Gasteiger partial charge in [0.1, 0.15) is 0 Å². The van der Waals surface area contributed by atoms with Gasteiger partial charge >= 0.3 is 0 Å².